The number of hydrogen-bond donors (Lipinski definition) is 2. The Morgan fingerprint density at radius 2 is 1.90 bits per heavy atom. The second-order valence-electron chi connectivity index (χ2n) is 4.11. The lowest BCUT2D eigenvalue weighted by Crippen LogP contribution is -2.28. The third-order valence-electron chi connectivity index (χ3n) is 2.53. The first-order valence-corrected chi connectivity index (χ1v) is 7.21. The quantitative estimate of drug-likeness (QED) is 0.868. The minimum absolute atomic E-state index is 0.252. The van der Waals surface area contributed by atoms with Crippen LogP contribution < -0.4 is 15.4 Å². The molecule has 0 atom stereocenters. The molecule has 0 unspecified atom stereocenters. The highest BCUT2D eigenvalue weighted by Crippen LogP contribution is 2.12. The number of rotatable bonds is 5. The Morgan fingerprint density at radius 1 is 1.24 bits per heavy atom. The number of amides is 2. The summed E-state index contributed by atoms with van der Waals surface area (Å²) >= 11 is 3.23. The molecule has 0 spiro atoms. The van der Waals surface area contributed by atoms with Gasteiger partial charge in [-0.1, -0.05) is 12.1 Å². The lowest BCUT2D eigenvalue weighted by Gasteiger charge is -2.07. The van der Waals surface area contributed by atoms with E-state index in [0.29, 0.717) is 13.2 Å². The number of anilines is 1. The maximum absolute atomic E-state index is 11.7. The monoisotopic (exact) mass is 350 g/mol. The van der Waals surface area contributed by atoms with Crippen molar-refractivity contribution in [3.8, 4) is 5.75 Å². The topological polar surface area (TPSA) is 76.1 Å². The number of benzene rings is 1. The third-order valence-corrected chi connectivity index (χ3v) is 2.94. The van der Waals surface area contributed by atoms with Crippen molar-refractivity contribution in [3.05, 3.63) is 46.7 Å². The predicted molar refractivity (Wildman–Crippen MR) is 83.2 cm³/mol. The van der Waals surface area contributed by atoms with Crippen molar-refractivity contribution >= 4 is 27.9 Å². The van der Waals surface area contributed by atoms with Crippen molar-refractivity contribution in [1.82, 2.24) is 15.3 Å². The van der Waals surface area contributed by atoms with Crippen LogP contribution in [0.4, 0.5) is 10.7 Å². The van der Waals surface area contributed by atoms with Crippen molar-refractivity contribution in [1.29, 1.82) is 0 Å². The standard InChI is InChI=1S/C14H15BrN4O2/c1-2-21-12-5-3-10(4-6-12)7-18-14(20)19-13-16-8-11(15)9-17-13/h3-6,8-9H,2,7H2,1H3,(H2,16,17,18,19,20). The smallest absolute Gasteiger partial charge is 0.321 e. The van der Waals surface area contributed by atoms with Gasteiger partial charge in [0.15, 0.2) is 0 Å². The van der Waals surface area contributed by atoms with E-state index in [2.05, 4.69) is 36.5 Å². The van der Waals surface area contributed by atoms with Gasteiger partial charge in [0, 0.05) is 18.9 Å². The van der Waals surface area contributed by atoms with Crippen molar-refractivity contribution in [2.45, 2.75) is 13.5 Å². The average molecular weight is 351 g/mol. The van der Waals surface area contributed by atoms with E-state index >= 15 is 0 Å². The molecule has 0 aliphatic heterocycles. The Kier molecular flexibility index (Phi) is 5.51. The number of carbonyl (C=O) groups is 1. The fraction of sp³-hybridized carbons (Fsp3) is 0.214. The Balaban J connectivity index is 1.81. The molecule has 0 fully saturated rings. The highest BCUT2D eigenvalue weighted by atomic mass is 79.9. The van der Waals surface area contributed by atoms with Crippen molar-refractivity contribution < 1.29 is 9.53 Å². The zero-order valence-corrected chi connectivity index (χ0v) is 13.1. The molecule has 0 bridgehead atoms. The largest absolute Gasteiger partial charge is 0.494 e. The summed E-state index contributed by atoms with van der Waals surface area (Å²) in [5.41, 5.74) is 0.977. The van der Waals surface area contributed by atoms with Gasteiger partial charge in [-0.05, 0) is 40.5 Å². The molecule has 0 radical (unpaired) electrons. The maximum Gasteiger partial charge on any atom is 0.321 e. The molecule has 110 valence electrons. The van der Waals surface area contributed by atoms with Gasteiger partial charge in [-0.2, -0.15) is 0 Å². The Morgan fingerprint density at radius 3 is 2.52 bits per heavy atom. The van der Waals surface area contributed by atoms with Gasteiger partial charge >= 0.3 is 6.03 Å². The van der Waals surface area contributed by atoms with Crippen LogP contribution in [0, 0.1) is 0 Å². The van der Waals surface area contributed by atoms with E-state index in [1.165, 1.54) is 0 Å². The first-order valence-electron chi connectivity index (χ1n) is 6.41. The van der Waals surface area contributed by atoms with Gasteiger partial charge in [0.05, 0.1) is 11.1 Å². The molecule has 2 rings (SSSR count). The van der Waals surface area contributed by atoms with Gasteiger partial charge in [-0.15, -0.1) is 0 Å². The van der Waals surface area contributed by atoms with Crippen LogP contribution in [0.5, 0.6) is 5.75 Å². The number of hydrogen-bond acceptors (Lipinski definition) is 4. The summed E-state index contributed by atoms with van der Waals surface area (Å²) in [6.45, 7) is 2.98. The molecular formula is C14H15BrN4O2. The van der Waals surface area contributed by atoms with E-state index in [1.54, 1.807) is 12.4 Å². The van der Waals surface area contributed by atoms with E-state index < -0.39 is 0 Å². The molecule has 21 heavy (non-hydrogen) atoms. The van der Waals surface area contributed by atoms with Crippen LogP contribution in [0.15, 0.2) is 41.1 Å². The van der Waals surface area contributed by atoms with Gasteiger partial charge in [-0.25, -0.2) is 14.8 Å². The third kappa shape index (κ3) is 5.03. The van der Waals surface area contributed by atoms with Crippen LogP contribution in [0.3, 0.4) is 0 Å². The molecule has 0 aliphatic rings. The molecule has 1 aromatic carbocycles. The molecule has 0 saturated carbocycles. The highest BCUT2D eigenvalue weighted by Gasteiger charge is 2.04. The minimum atomic E-state index is -0.355. The van der Waals surface area contributed by atoms with Crippen LogP contribution in [0.25, 0.3) is 0 Å². The van der Waals surface area contributed by atoms with E-state index in [0.717, 1.165) is 15.8 Å². The Bertz CT molecular complexity index is 587. The molecule has 6 nitrogen and oxygen atoms in total. The molecule has 0 saturated heterocycles. The zero-order valence-electron chi connectivity index (χ0n) is 11.5. The van der Waals surface area contributed by atoms with Crippen LogP contribution in [-0.2, 0) is 6.54 Å². The molecular weight excluding hydrogens is 336 g/mol. The number of ether oxygens (including phenoxy) is 1. The van der Waals surface area contributed by atoms with Gasteiger partial charge in [0.2, 0.25) is 5.95 Å². The first kappa shape index (κ1) is 15.2. The normalized spacial score (nSPS) is 10.0. The summed E-state index contributed by atoms with van der Waals surface area (Å²) in [5, 5.41) is 5.28. The Labute approximate surface area is 131 Å². The summed E-state index contributed by atoms with van der Waals surface area (Å²) < 4.78 is 6.11. The number of urea groups is 1. The zero-order chi connectivity index (χ0) is 15.1. The van der Waals surface area contributed by atoms with Gasteiger partial charge in [0.25, 0.3) is 0 Å². The molecule has 2 N–H and O–H groups in total. The van der Waals surface area contributed by atoms with Crippen molar-refractivity contribution in [3.63, 3.8) is 0 Å². The predicted octanol–water partition coefficient (Wildman–Crippen LogP) is 2.96. The van der Waals surface area contributed by atoms with Crippen LogP contribution in [0.1, 0.15) is 12.5 Å². The van der Waals surface area contributed by atoms with Crippen molar-refractivity contribution in [2.75, 3.05) is 11.9 Å². The molecule has 1 heterocycles. The number of aromatic nitrogens is 2. The molecule has 2 amide bonds. The van der Waals surface area contributed by atoms with Gasteiger partial charge < -0.3 is 10.1 Å². The summed E-state index contributed by atoms with van der Waals surface area (Å²) in [7, 11) is 0. The molecule has 0 aliphatic carbocycles. The average Bonchev–Trinajstić information content (AvgIpc) is 2.49. The van der Waals surface area contributed by atoms with Crippen LogP contribution >= 0.6 is 15.9 Å². The van der Waals surface area contributed by atoms with Crippen molar-refractivity contribution in [2.24, 2.45) is 0 Å². The minimum Gasteiger partial charge on any atom is -0.494 e. The summed E-state index contributed by atoms with van der Waals surface area (Å²) in [6.07, 6.45) is 3.13. The molecule has 1 aromatic heterocycles. The SMILES string of the molecule is CCOc1ccc(CNC(=O)Nc2ncc(Br)cn2)cc1. The van der Waals surface area contributed by atoms with Gasteiger partial charge in [0.1, 0.15) is 5.75 Å². The maximum atomic E-state index is 11.7. The lowest BCUT2D eigenvalue weighted by atomic mass is 10.2. The molecule has 2 aromatic rings. The summed E-state index contributed by atoms with van der Waals surface area (Å²) in [5.74, 6) is 1.07. The second kappa shape index (κ2) is 7.58. The van der Waals surface area contributed by atoms with E-state index in [4.69, 9.17) is 4.74 Å². The van der Waals surface area contributed by atoms with Crippen LogP contribution in [0.2, 0.25) is 0 Å². The number of nitrogens with one attached hydrogen (secondary N) is 2. The van der Waals surface area contributed by atoms with Crippen LogP contribution in [-0.4, -0.2) is 22.6 Å². The highest BCUT2D eigenvalue weighted by molar-refractivity contribution is 9.10. The van der Waals surface area contributed by atoms with E-state index in [-0.39, 0.29) is 12.0 Å². The lowest BCUT2D eigenvalue weighted by molar-refractivity contribution is 0.251. The van der Waals surface area contributed by atoms with Gasteiger partial charge in [-0.3, -0.25) is 5.32 Å². The van der Waals surface area contributed by atoms with E-state index in [1.807, 2.05) is 31.2 Å². The number of nitrogens with zero attached hydrogens (tertiary/aromatic N) is 2. The number of halogens is 1. The Hall–Kier alpha value is -2.15. The summed E-state index contributed by atoms with van der Waals surface area (Å²) in [4.78, 5) is 19.6. The number of carbonyl (C=O) groups excluding carboxylic acids is 1. The summed E-state index contributed by atoms with van der Waals surface area (Å²) in [6, 6.07) is 7.20. The fourth-order valence-electron chi connectivity index (χ4n) is 1.58. The molecule has 7 heteroatoms. The first-order chi connectivity index (χ1) is 10.2. The second-order valence-corrected chi connectivity index (χ2v) is 5.03. The fourth-order valence-corrected chi connectivity index (χ4v) is 1.78. The van der Waals surface area contributed by atoms with E-state index in [9.17, 15) is 4.79 Å².